The molecule has 1 saturated heterocycles. The van der Waals surface area contributed by atoms with E-state index in [-0.39, 0.29) is 18.2 Å². The van der Waals surface area contributed by atoms with E-state index in [0.717, 1.165) is 24.3 Å². The van der Waals surface area contributed by atoms with Gasteiger partial charge < -0.3 is 10.1 Å². The van der Waals surface area contributed by atoms with E-state index in [0.29, 0.717) is 11.7 Å². The summed E-state index contributed by atoms with van der Waals surface area (Å²) in [7, 11) is 3.21. The lowest BCUT2D eigenvalue weighted by Crippen LogP contribution is -2.46. The van der Waals surface area contributed by atoms with E-state index >= 15 is 0 Å². The SMILES string of the molecule is CCCCCCCN1C(=O)CC(C(=O)NC)SC1=Nc1ccc(OC)cc1. The van der Waals surface area contributed by atoms with E-state index in [9.17, 15) is 9.59 Å². The fourth-order valence-corrected chi connectivity index (χ4v) is 4.05. The molecule has 0 radical (unpaired) electrons. The molecule has 1 heterocycles. The third-order valence-corrected chi connectivity index (χ3v) is 5.65. The Morgan fingerprint density at radius 2 is 1.96 bits per heavy atom. The number of amides is 2. The Morgan fingerprint density at radius 1 is 1.26 bits per heavy atom. The highest BCUT2D eigenvalue weighted by Crippen LogP contribution is 2.30. The number of benzene rings is 1. The first-order chi connectivity index (χ1) is 13.1. The molecule has 0 aliphatic carbocycles. The number of carbonyl (C=O) groups is 2. The zero-order valence-electron chi connectivity index (χ0n) is 16.4. The fraction of sp³-hybridized carbons (Fsp3) is 0.550. The maximum Gasteiger partial charge on any atom is 0.233 e. The molecule has 27 heavy (non-hydrogen) atoms. The molecule has 148 valence electrons. The third-order valence-electron chi connectivity index (χ3n) is 4.46. The molecule has 2 rings (SSSR count). The number of rotatable bonds is 9. The van der Waals surface area contributed by atoms with Crippen molar-refractivity contribution in [3.8, 4) is 5.75 Å². The Kier molecular flexibility index (Phi) is 8.64. The van der Waals surface area contributed by atoms with Crippen LogP contribution in [-0.4, -0.2) is 47.8 Å². The molecule has 1 atom stereocenters. The second kappa shape index (κ2) is 11.0. The van der Waals surface area contributed by atoms with Crippen molar-refractivity contribution in [3.63, 3.8) is 0 Å². The van der Waals surface area contributed by atoms with E-state index in [1.165, 1.54) is 31.0 Å². The summed E-state index contributed by atoms with van der Waals surface area (Å²) in [5, 5.41) is 2.80. The molecule has 6 nitrogen and oxygen atoms in total. The molecular weight excluding hydrogens is 362 g/mol. The zero-order chi connectivity index (χ0) is 19.6. The summed E-state index contributed by atoms with van der Waals surface area (Å²) < 4.78 is 5.17. The maximum absolute atomic E-state index is 12.7. The van der Waals surface area contributed by atoms with Crippen LogP contribution in [0.25, 0.3) is 0 Å². The number of carbonyl (C=O) groups excluding carboxylic acids is 2. The van der Waals surface area contributed by atoms with Crippen molar-refractivity contribution in [2.24, 2.45) is 4.99 Å². The van der Waals surface area contributed by atoms with Gasteiger partial charge in [0.2, 0.25) is 11.8 Å². The lowest BCUT2D eigenvalue weighted by Gasteiger charge is -2.31. The van der Waals surface area contributed by atoms with E-state index in [2.05, 4.69) is 17.2 Å². The van der Waals surface area contributed by atoms with Gasteiger partial charge in [-0.1, -0.05) is 44.4 Å². The Labute approximate surface area is 165 Å². The van der Waals surface area contributed by atoms with Crippen molar-refractivity contribution in [2.75, 3.05) is 20.7 Å². The number of hydrogen-bond donors (Lipinski definition) is 1. The lowest BCUT2D eigenvalue weighted by atomic mass is 10.1. The summed E-state index contributed by atoms with van der Waals surface area (Å²) in [6.07, 6.45) is 5.83. The number of thioether (sulfide) groups is 1. The predicted molar refractivity (Wildman–Crippen MR) is 111 cm³/mol. The summed E-state index contributed by atoms with van der Waals surface area (Å²) in [6, 6.07) is 7.36. The topological polar surface area (TPSA) is 71.0 Å². The van der Waals surface area contributed by atoms with Crippen molar-refractivity contribution in [3.05, 3.63) is 24.3 Å². The minimum atomic E-state index is -0.434. The average Bonchev–Trinajstić information content (AvgIpc) is 2.69. The second-order valence-corrected chi connectivity index (χ2v) is 7.65. The van der Waals surface area contributed by atoms with Gasteiger partial charge in [-0.2, -0.15) is 0 Å². The number of aliphatic imine (C=N–C) groups is 1. The van der Waals surface area contributed by atoms with Gasteiger partial charge in [-0.3, -0.25) is 14.5 Å². The molecule has 7 heteroatoms. The molecule has 0 spiro atoms. The smallest absolute Gasteiger partial charge is 0.233 e. The van der Waals surface area contributed by atoms with Crippen LogP contribution in [0.15, 0.2) is 29.3 Å². The number of unbranched alkanes of at least 4 members (excludes halogenated alkanes) is 4. The third kappa shape index (κ3) is 6.27. The van der Waals surface area contributed by atoms with Crippen LogP contribution in [0, 0.1) is 0 Å². The first-order valence-electron chi connectivity index (χ1n) is 9.50. The van der Waals surface area contributed by atoms with Gasteiger partial charge in [0.25, 0.3) is 0 Å². The van der Waals surface area contributed by atoms with Gasteiger partial charge in [-0.25, -0.2) is 4.99 Å². The van der Waals surface area contributed by atoms with E-state index in [4.69, 9.17) is 4.74 Å². The maximum atomic E-state index is 12.7. The predicted octanol–water partition coefficient (Wildman–Crippen LogP) is 3.73. The van der Waals surface area contributed by atoms with Gasteiger partial charge in [0.1, 0.15) is 5.75 Å². The van der Waals surface area contributed by atoms with Crippen LogP contribution < -0.4 is 10.1 Å². The Balaban J connectivity index is 2.16. The van der Waals surface area contributed by atoms with Crippen LogP contribution in [0.4, 0.5) is 5.69 Å². The molecule has 1 aromatic rings. The molecule has 0 aromatic heterocycles. The van der Waals surface area contributed by atoms with Crippen LogP contribution in [0.1, 0.15) is 45.4 Å². The second-order valence-electron chi connectivity index (χ2n) is 6.48. The molecule has 1 unspecified atom stereocenters. The average molecular weight is 392 g/mol. The molecule has 1 N–H and O–H groups in total. The summed E-state index contributed by atoms with van der Waals surface area (Å²) in [4.78, 5) is 31.1. The molecule has 0 saturated carbocycles. The van der Waals surface area contributed by atoms with Gasteiger partial charge in [-0.05, 0) is 30.7 Å². The Hall–Kier alpha value is -2.02. The fourth-order valence-electron chi connectivity index (χ4n) is 2.86. The number of nitrogens with one attached hydrogen (secondary N) is 1. The lowest BCUT2D eigenvalue weighted by molar-refractivity contribution is -0.130. The molecule has 1 fully saturated rings. The first-order valence-corrected chi connectivity index (χ1v) is 10.4. The number of hydrogen-bond acceptors (Lipinski definition) is 5. The monoisotopic (exact) mass is 391 g/mol. The number of nitrogens with zero attached hydrogens (tertiary/aromatic N) is 2. The summed E-state index contributed by atoms with van der Waals surface area (Å²) >= 11 is 1.36. The molecular formula is C20H29N3O3S. The molecule has 1 aromatic carbocycles. The molecule has 1 aliphatic heterocycles. The largest absolute Gasteiger partial charge is 0.497 e. The molecule has 2 amide bonds. The van der Waals surface area contributed by atoms with Crippen molar-refractivity contribution < 1.29 is 14.3 Å². The number of amidine groups is 1. The Bertz CT molecular complexity index is 661. The zero-order valence-corrected chi connectivity index (χ0v) is 17.2. The van der Waals surface area contributed by atoms with Crippen molar-refractivity contribution in [1.82, 2.24) is 10.2 Å². The Morgan fingerprint density at radius 3 is 2.59 bits per heavy atom. The highest BCUT2D eigenvalue weighted by Gasteiger charge is 2.35. The standard InChI is InChI=1S/C20H29N3O3S/c1-4-5-6-7-8-13-23-18(24)14-17(19(25)21-2)27-20(23)22-15-9-11-16(26-3)12-10-15/h9-12,17H,4-8,13-14H2,1-3H3,(H,21,25). The minimum Gasteiger partial charge on any atom is -0.497 e. The van der Waals surface area contributed by atoms with Crippen LogP contribution >= 0.6 is 11.8 Å². The van der Waals surface area contributed by atoms with Gasteiger partial charge in [0, 0.05) is 20.0 Å². The van der Waals surface area contributed by atoms with Gasteiger partial charge in [0.05, 0.1) is 18.0 Å². The summed E-state index contributed by atoms with van der Waals surface area (Å²) in [5.74, 6) is 0.575. The number of methoxy groups -OCH3 is 1. The molecule has 1 aliphatic rings. The highest BCUT2D eigenvalue weighted by atomic mass is 32.2. The van der Waals surface area contributed by atoms with Gasteiger partial charge in [-0.15, -0.1) is 0 Å². The van der Waals surface area contributed by atoms with E-state index < -0.39 is 5.25 Å². The first kappa shape index (κ1) is 21.3. The van der Waals surface area contributed by atoms with E-state index in [1.807, 2.05) is 24.3 Å². The molecule has 0 bridgehead atoms. The summed E-state index contributed by atoms with van der Waals surface area (Å²) in [5.41, 5.74) is 0.736. The van der Waals surface area contributed by atoms with Crippen LogP contribution in [-0.2, 0) is 9.59 Å². The van der Waals surface area contributed by atoms with Crippen LogP contribution in [0.2, 0.25) is 0 Å². The van der Waals surface area contributed by atoms with E-state index in [1.54, 1.807) is 19.1 Å². The van der Waals surface area contributed by atoms with Gasteiger partial charge >= 0.3 is 0 Å². The van der Waals surface area contributed by atoms with Crippen LogP contribution in [0.3, 0.4) is 0 Å². The minimum absolute atomic E-state index is 0.0369. The quantitative estimate of drug-likeness (QED) is 0.651. The normalized spacial score (nSPS) is 18.6. The highest BCUT2D eigenvalue weighted by molar-refractivity contribution is 8.15. The number of ether oxygens (including phenoxy) is 1. The van der Waals surface area contributed by atoms with Crippen molar-refractivity contribution in [2.45, 2.75) is 50.7 Å². The van der Waals surface area contributed by atoms with Crippen molar-refractivity contribution >= 4 is 34.4 Å². The summed E-state index contributed by atoms with van der Waals surface area (Å²) in [6.45, 7) is 2.83. The van der Waals surface area contributed by atoms with Gasteiger partial charge in [0.15, 0.2) is 5.17 Å². The van der Waals surface area contributed by atoms with Crippen LogP contribution in [0.5, 0.6) is 5.75 Å². The van der Waals surface area contributed by atoms with Crippen molar-refractivity contribution in [1.29, 1.82) is 0 Å².